The van der Waals surface area contributed by atoms with Gasteiger partial charge in [-0.25, -0.2) is 4.98 Å². The van der Waals surface area contributed by atoms with Crippen LogP contribution in [0, 0.1) is 0 Å². The zero-order valence-corrected chi connectivity index (χ0v) is 9.66. The largest absolute Gasteiger partial charge is 0.337 e. The molecule has 0 saturated carbocycles. The molecule has 3 rings (SSSR count). The van der Waals surface area contributed by atoms with Crippen molar-refractivity contribution in [3.63, 3.8) is 0 Å². The first kappa shape index (κ1) is 9.42. The summed E-state index contributed by atoms with van der Waals surface area (Å²) in [4.78, 5) is 7.72. The average molecular weight is 229 g/mol. The number of nitrogens with zero attached hydrogens (tertiary/aromatic N) is 2. The van der Waals surface area contributed by atoms with Crippen molar-refractivity contribution in [3.8, 4) is 0 Å². The number of fused-ring (bicyclic) bond motifs is 2. The van der Waals surface area contributed by atoms with E-state index < -0.39 is 0 Å². The summed E-state index contributed by atoms with van der Waals surface area (Å²) < 4.78 is 3.34. The van der Waals surface area contributed by atoms with Gasteiger partial charge in [0.25, 0.3) is 0 Å². The average Bonchev–Trinajstić information content (AvgIpc) is 2.45. The molecule has 0 aliphatic heterocycles. The Hall–Kier alpha value is -1.81. The summed E-state index contributed by atoms with van der Waals surface area (Å²) in [7, 11) is 2.05. The molecular formula is C12H11N3S. The van der Waals surface area contributed by atoms with Gasteiger partial charge in [-0.3, -0.25) is 3.96 Å². The Bertz CT molecular complexity index is 688. The fourth-order valence-corrected chi connectivity index (χ4v) is 2.62. The molecule has 0 radical (unpaired) electrons. The summed E-state index contributed by atoms with van der Waals surface area (Å²) in [6.07, 6.45) is 1.80. The number of aromatic amines is 1. The Balaban J connectivity index is 2.60. The van der Waals surface area contributed by atoms with E-state index in [0.29, 0.717) is 0 Å². The highest BCUT2D eigenvalue weighted by atomic mass is 32.1. The number of benzene rings is 1. The molecule has 0 spiro atoms. The lowest BCUT2D eigenvalue weighted by Gasteiger charge is -1.96. The van der Waals surface area contributed by atoms with Crippen molar-refractivity contribution in [2.45, 2.75) is 0 Å². The van der Waals surface area contributed by atoms with Crippen LogP contribution in [0.25, 0.3) is 21.4 Å². The van der Waals surface area contributed by atoms with Gasteiger partial charge in [0.1, 0.15) is 0 Å². The minimum absolute atomic E-state index is 0.905. The highest BCUT2D eigenvalue weighted by Gasteiger charge is 1.98. The normalized spacial score (nSPS) is 10.8. The predicted molar refractivity (Wildman–Crippen MR) is 68.1 cm³/mol. The third-order valence-corrected chi connectivity index (χ3v) is 3.52. The van der Waals surface area contributed by atoms with Gasteiger partial charge in [-0.2, -0.15) is 0 Å². The molecule has 0 saturated heterocycles. The van der Waals surface area contributed by atoms with E-state index in [4.69, 9.17) is 0 Å². The quantitative estimate of drug-likeness (QED) is 0.630. The molecule has 0 atom stereocenters. The molecule has 0 fully saturated rings. The summed E-state index contributed by atoms with van der Waals surface area (Å²) in [5.41, 5.74) is 3.11. The summed E-state index contributed by atoms with van der Waals surface area (Å²) in [5.74, 6) is 0. The summed E-state index contributed by atoms with van der Waals surface area (Å²) >= 11 is 1.71. The second kappa shape index (κ2) is 3.64. The number of hydrogen-bond acceptors (Lipinski definition) is 2. The van der Waals surface area contributed by atoms with Gasteiger partial charge in [-0.05, 0) is 24.3 Å². The number of aromatic nitrogens is 3. The fourth-order valence-electron chi connectivity index (χ4n) is 1.72. The Morgan fingerprint density at radius 3 is 3.00 bits per heavy atom. The molecule has 0 bridgehead atoms. The van der Waals surface area contributed by atoms with Crippen molar-refractivity contribution in [2.24, 2.45) is 7.05 Å². The van der Waals surface area contributed by atoms with Gasteiger partial charge in [0.15, 0.2) is 5.65 Å². The van der Waals surface area contributed by atoms with Crippen LogP contribution in [0.4, 0.5) is 0 Å². The maximum absolute atomic E-state index is 4.36. The number of para-hydroxylation sites is 1. The van der Waals surface area contributed by atoms with E-state index in [1.54, 1.807) is 17.7 Å². The van der Waals surface area contributed by atoms with Crippen LogP contribution in [0.15, 0.2) is 42.6 Å². The molecule has 0 aliphatic carbocycles. The van der Waals surface area contributed by atoms with E-state index in [1.165, 1.54) is 4.70 Å². The molecule has 2 heterocycles. The summed E-state index contributed by atoms with van der Waals surface area (Å²) in [6.45, 7) is 0. The molecule has 0 amide bonds. The smallest absolute Gasteiger partial charge is 0.155 e. The topological polar surface area (TPSA) is 33.6 Å². The Morgan fingerprint density at radius 2 is 2.06 bits per heavy atom. The van der Waals surface area contributed by atoms with Crippen LogP contribution in [-0.2, 0) is 7.05 Å². The highest BCUT2D eigenvalue weighted by Crippen LogP contribution is 2.18. The van der Waals surface area contributed by atoms with E-state index >= 15 is 0 Å². The second-order valence-corrected chi connectivity index (χ2v) is 4.75. The van der Waals surface area contributed by atoms with Gasteiger partial charge in [-0.15, -0.1) is 0 Å². The molecule has 1 aromatic carbocycles. The Morgan fingerprint density at radius 1 is 1.19 bits per heavy atom. The van der Waals surface area contributed by atoms with Gasteiger partial charge < -0.3 is 4.98 Å². The lowest BCUT2D eigenvalue weighted by atomic mass is 10.3. The number of nitrogens with one attached hydrogen (secondary N) is 1. The predicted octanol–water partition coefficient (Wildman–Crippen LogP) is 3.24. The molecule has 2 aromatic heterocycles. The minimum atomic E-state index is 0.905. The van der Waals surface area contributed by atoms with Gasteiger partial charge in [0, 0.05) is 13.2 Å². The molecule has 16 heavy (non-hydrogen) atoms. The van der Waals surface area contributed by atoms with Gasteiger partial charge in [-0.1, -0.05) is 23.7 Å². The molecule has 3 aromatic rings. The Kier molecular flexibility index (Phi) is 2.15. The molecule has 0 aliphatic rings. The molecule has 0 unspecified atom stereocenters. The standard InChI is InChI=1S/C12H11N3S/c1-15-10-6-4-8-13-12(10)14-9-5-2-3-7-11(9)16-15/h2-8H,1H3,(H,13,14). The monoisotopic (exact) mass is 229 g/mol. The lowest BCUT2D eigenvalue weighted by molar-refractivity contribution is 1.07. The summed E-state index contributed by atoms with van der Waals surface area (Å²) in [5, 5.41) is 0. The SMILES string of the molecule is Cn1sc2ccccc2[nH]c2ncccc21. The second-order valence-electron chi connectivity index (χ2n) is 3.58. The van der Waals surface area contributed by atoms with Crippen molar-refractivity contribution in [3.05, 3.63) is 42.6 Å². The van der Waals surface area contributed by atoms with E-state index in [2.05, 4.69) is 39.2 Å². The lowest BCUT2D eigenvalue weighted by Crippen LogP contribution is -1.86. The number of rotatable bonds is 0. The minimum Gasteiger partial charge on any atom is -0.337 e. The number of hydrogen-bond donors (Lipinski definition) is 1. The van der Waals surface area contributed by atoms with Crippen molar-refractivity contribution in [1.82, 2.24) is 13.9 Å². The maximum atomic E-state index is 4.36. The van der Waals surface area contributed by atoms with Crippen molar-refractivity contribution < 1.29 is 0 Å². The van der Waals surface area contributed by atoms with Crippen molar-refractivity contribution >= 4 is 32.9 Å². The zero-order valence-electron chi connectivity index (χ0n) is 8.84. The Labute approximate surface area is 96.8 Å². The third kappa shape index (κ3) is 1.47. The van der Waals surface area contributed by atoms with E-state index in [-0.39, 0.29) is 0 Å². The van der Waals surface area contributed by atoms with Crippen LogP contribution < -0.4 is 0 Å². The molecule has 80 valence electrons. The van der Waals surface area contributed by atoms with E-state index in [1.807, 2.05) is 18.2 Å². The van der Waals surface area contributed by atoms with Gasteiger partial charge in [0.05, 0.1) is 15.7 Å². The third-order valence-electron chi connectivity index (χ3n) is 2.50. The first-order chi connectivity index (χ1) is 7.84. The first-order valence-electron chi connectivity index (χ1n) is 5.07. The highest BCUT2D eigenvalue weighted by molar-refractivity contribution is 7.13. The number of aryl methyl sites for hydroxylation is 1. The fraction of sp³-hybridized carbons (Fsp3) is 0.0833. The number of pyridine rings is 1. The van der Waals surface area contributed by atoms with E-state index in [0.717, 1.165) is 16.7 Å². The molecule has 4 heteroatoms. The zero-order chi connectivity index (χ0) is 11.0. The van der Waals surface area contributed by atoms with Gasteiger partial charge in [0.2, 0.25) is 0 Å². The van der Waals surface area contributed by atoms with Crippen LogP contribution in [-0.4, -0.2) is 13.9 Å². The van der Waals surface area contributed by atoms with Crippen LogP contribution in [0.3, 0.4) is 0 Å². The molecular weight excluding hydrogens is 218 g/mol. The molecule has 1 N–H and O–H groups in total. The van der Waals surface area contributed by atoms with Gasteiger partial charge >= 0.3 is 0 Å². The van der Waals surface area contributed by atoms with E-state index in [9.17, 15) is 0 Å². The first-order valence-corrected chi connectivity index (χ1v) is 5.85. The van der Waals surface area contributed by atoms with Crippen LogP contribution in [0.5, 0.6) is 0 Å². The van der Waals surface area contributed by atoms with Crippen molar-refractivity contribution in [1.29, 1.82) is 0 Å². The summed E-state index contributed by atoms with van der Waals surface area (Å²) in [6, 6.07) is 12.3. The van der Waals surface area contributed by atoms with Crippen molar-refractivity contribution in [2.75, 3.05) is 0 Å². The number of H-pyrrole nitrogens is 1. The van der Waals surface area contributed by atoms with Crippen LogP contribution in [0.1, 0.15) is 0 Å². The van der Waals surface area contributed by atoms with Crippen LogP contribution >= 0.6 is 11.5 Å². The molecule has 3 nitrogen and oxygen atoms in total. The maximum Gasteiger partial charge on any atom is 0.155 e. The van der Waals surface area contributed by atoms with Crippen LogP contribution in [0.2, 0.25) is 0 Å².